The molecule has 0 saturated heterocycles. The minimum absolute atomic E-state index is 0.279. The van der Waals surface area contributed by atoms with Crippen molar-refractivity contribution in [2.24, 2.45) is 5.73 Å². The average Bonchev–Trinajstić information content (AvgIpc) is 2.33. The van der Waals surface area contributed by atoms with E-state index in [0.29, 0.717) is 12.8 Å². The largest absolute Gasteiger partial charge is 0.496 e. The number of methoxy groups -OCH3 is 1. The lowest BCUT2D eigenvalue weighted by molar-refractivity contribution is 0.173. The number of halogens is 1. The lowest BCUT2D eigenvalue weighted by Gasteiger charge is -2.16. The minimum Gasteiger partial charge on any atom is -0.496 e. The van der Waals surface area contributed by atoms with Gasteiger partial charge in [-0.1, -0.05) is 11.6 Å². The normalized spacial score (nSPS) is 12.6. The van der Waals surface area contributed by atoms with E-state index in [9.17, 15) is 5.11 Å². The van der Waals surface area contributed by atoms with Crippen molar-refractivity contribution in [1.29, 1.82) is 0 Å². The van der Waals surface area contributed by atoms with Crippen LogP contribution in [0.15, 0.2) is 6.07 Å². The van der Waals surface area contributed by atoms with Gasteiger partial charge in [-0.25, -0.2) is 0 Å². The van der Waals surface area contributed by atoms with Gasteiger partial charge in [0.25, 0.3) is 0 Å². The molecule has 1 unspecified atom stereocenters. The first-order chi connectivity index (χ1) is 8.01. The van der Waals surface area contributed by atoms with Crippen molar-refractivity contribution >= 4 is 11.6 Å². The van der Waals surface area contributed by atoms with E-state index in [0.717, 1.165) is 27.5 Å². The van der Waals surface area contributed by atoms with Crippen molar-refractivity contribution in [3.05, 3.63) is 27.8 Å². The molecule has 0 fully saturated rings. The van der Waals surface area contributed by atoms with E-state index in [1.165, 1.54) is 0 Å². The zero-order valence-electron chi connectivity index (χ0n) is 10.6. The second-order valence-corrected chi connectivity index (χ2v) is 4.62. The molecule has 0 aliphatic heterocycles. The highest BCUT2D eigenvalue weighted by atomic mass is 35.5. The van der Waals surface area contributed by atoms with Gasteiger partial charge in [-0.05, 0) is 49.4 Å². The van der Waals surface area contributed by atoms with Gasteiger partial charge in [0.2, 0.25) is 0 Å². The van der Waals surface area contributed by atoms with Crippen LogP contribution in [0.5, 0.6) is 5.75 Å². The van der Waals surface area contributed by atoms with Gasteiger partial charge in [0.05, 0.1) is 13.2 Å². The third-order valence-electron chi connectivity index (χ3n) is 2.99. The highest BCUT2D eigenvalue weighted by Gasteiger charge is 2.13. The van der Waals surface area contributed by atoms with E-state index < -0.39 is 6.10 Å². The van der Waals surface area contributed by atoms with Gasteiger partial charge in [0, 0.05) is 11.6 Å². The number of aryl methyl sites for hydroxylation is 1. The highest BCUT2D eigenvalue weighted by molar-refractivity contribution is 6.32. The van der Waals surface area contributed by atoms with Gasteiger partial charge in [0.1, 0.15) is 5.75 Å². The van der Waals surface area contributed by atoms with Crippen molar-refractivity contribution in [2.45, 2.75) is 32.8 Å². The van der Waals surface area contributed by atoms with Gasteiger partial charge in [-0.15, -0.1) is 0 Å². The number of aliphatic hydroxyl groups is 1. The van der Waals surface area contributed by atoms with Crippen LogP contribution >= 0.6 is 11.6 Å². The summed E-state index contributed by atoms with van der Waals surface area (Å²) < 4.78 is 5.36. The quantitative estimate of drug-likeness (QED) is 0.851. The van der Waals surface area contributed by atoms with Crippen LogP contribution in [0.1, 0.15) is 23.1 Å². The van der Waals surface area contributed by atoms with Crippen molar-refractivity contribution in [1.82, 2.24) is 0 Å². The van der Waals surface area contributed by atoms with Crippen molar-refractivity contribution in [2.75, 3.05) is 13.7 Å². The summed E-state index contributed by atoms with van der Waals surface area (Å²) in [6.07, 6.45) is 0.861. The minimum atomic E-state index is -0.473. The first kappa shape index (κ1) is 14.3. The average molecular weight is 258 g/mol. The Morgan fingerprint density at radius 1 is 1.47 bits per heavy atom. The van der Waals surface area contributed by atoms with Crippen LogP contribution < -0.4 is 10.5 Å². The van der Waals surface area contributed by atoms with Crippen LogP contribution in [-0.4, -0.2) is 24.9 Å². The van der Waals surface area contributed by atoms with Crippen LogP contribution in [0.4, 0.5) is 0 Å². The van der Waals surface area contributed by atoms with E-state index in [4.69, 9.17) is 22.1 Å². The molecule has 0 aromatic heterocycles. The van der Waals surface area contributed by atoms with Gasteiger partial charge in [0.15, 0.2) is 0 Å². The van der Waals surface area contributed by atoms with E-state index in [1.807, 2.05) is 19.9 Å². The molecule has 1 aromatic carbocycles. The summed E-state index contributed by atoms with van der Waals surface area (Å²) in [6, 6.07) is 1.93. The van der Waals surface area contributed by atoms with Gasteiger partial charge >= 0.3 is 0 Å². The Bertz CT molecular complexity index is 393. The molecule has 0 heterocycles. The second kappa shape index (κ2) is 6.24. The van der Waals surface area contributed by atoms with Crippen molar-refractivity contribution < 1.29 is 9.84 Å². The Morgan fingerprint density at radius 2 is 2.12 bits per heavy atom. The van der Waals surface area contributed by atoms with E-state index in [2.05, 4.69) is 0 Å². The van der Waals surface area contributed by atoms with Crippen LogP contribution in [0.3, 0.4) is 0 Å². The molecule has 1 atom stereocenters. The number of rotatable bonds is 5. The number of hydrogen-bond acceptors (Lipinski definition) is 3. The second-order valence-electron chi connectivity index (χ2n) is 4.24. The molecule has 3 N–H and O–H groups in total. The number of ether oxygens (including phenoxy) is 1. The molecule has 1 rings (SSSR count). The monoisotopic (exact) mass is 257 g/mol. The van der Waals surface area contributed by atoms with Gasteiger partial charge < -0.3 is 15.6 Å². The van der Waals surface area contributed by atoms with Gasteiger partial charge in [-0.2, -0.15) is 0 Å². The molecule has 0 aliphatic rings. The molecular weight excluding hydrogens is 238 g/mol. The summed E-state index contributed by atoms with van der Waals surface area (Å²) in [7, 11) is 1.64. The van der Waals surface area contributed by atoms with E-state index in [-0.39, 0.29) is 6.54 Å². The number of nitrogens with two attached hydrogens (primary N) is 1. The Balaban J connectivity index is 3.00. The summed E-state index contributed by atoms with van der Waals surface area (Å²) in [4.78, 5) is 0. The summed E-state index contributed by atoms with van der Waals surface area (Å²) in [5, 5.41) is 10.3. The van der Waals surface area contributed by atoms with E-state index in [1.54, 1.807) is 7.11 Å². The lowest BCUT2D eigenvalue weighted by Crippen LogP contribution is -2.20. The van der Waals surface area contributed by atoms with Crippen LogP contribution in [-0.2, 0) is 6.42 Å². The Labute approximate surface area is 108 Å². The molecule has 96 valence electrons. The molecule has 3 nitrogen and oxygen atoms in total. The molecule has 17 heavy (non-hydrogen) atoms. The number of benzene rings is 1. The molecule has 0 radical (unpaired) electrons. The zero-order valence-corrected chi connectivity index (χ0v) is 11.3. The Hall–Kier alpha value is -0.770. The fourth-order valence-electron chi connectivity index (χ4n) is 1.88. The van der Waals surface area contributed by atoms with E-state index >= 15 is 0 Å². The third-order valence-corrected chi connectivity index (χ3v) is 3.57. The molecule has 0 spiro atoms. The fourth-order valence-corrected chi connectivity index (χ4v) is 2.05. The Morgan fingerprint density at radius 3 is 2.65 bits per heavy atom. The van der Waals surface area contributed by atoms with Gasteiger partial charge in [-0.3, -0.25) is 0 Å². The molecule has 0 saturated carbocycles. The maximum absolute atomic E-state index is 9.50. The van der Waals surface area contributed by atoms with Crippen molar-refractivity contribution in [3.8, 4) is 5.75 Å². The van der Waals surface area contributed by atoms with Crippen LogP contribution in [0, 0.1) is 13.8 Å². The van der Waals surface area contributed by atoms with Crippen LogP contribution in [0.25, 0.3) is 0 Å². The molecule has 0 bridgehead atoms. The first-order valence-electron chi connectivity index (χ1n) is 5.72. The first-order valence-corrected chi connectivity index (χ1v) is 6.09. The number of aliphatic hydroxyl groups excluding tert-OH is 1. The summed E-state index contributed by atoms with van der Waals surface area (Å²) >= 11 is 6.22. The fraction of sp³-hybridized carbons (Fsp3) is 0.538. The molecule has 0 amide bonds. The maximum atomic E-state index is 9.50. The topological polar surface area (TPSA) is 55.5 Å². The lowest BCUT2D eigenvalue weighted by atomic mass is 9.98. The molecule has 1 aromatic rings. The standard InChI is InChI=1S/C13H20ClNO2/c1-8-6-12(17-3)11(9(2)13(8)14)5-4-10(16)7-15/h6,10,16H,4-5,7,15H2,1-3H3. The smallest absolute Gasteiger partial charge is 0.122 e. The predicted octanol–water partition coefficient (Wildman–Crippen LogP) is 2.22. The van der Waals surface area contributed by atoms with Crippen LogP contribution in [0.2, 0.25) is 5.02 Å². The van der Waals surface area contributed by atoms with Crippen molar-refractivity contribution in [3.63, 3.8) is 0 Å². The molecule has 4 heteroatoms. The maximum Gasteiger partial charge on any atom is 0.122 e. The number of hydrogen-bond donors (Lipinski definition) is 2. The molecule has 0 aliphatic carbocycles. The summed E-state index contributed by atoms with van der Waals surface area (Å²) in [5.41, 5.74) is 8.47. The Kier molecular flexibility index (Phi) is 5.25. The third kappa shape index (κ3) is 3.35. The predicted molar refractivity (Wildman–Crippen MR) is 70.9 cm³/mol. The SMILES string of the molecule is COc1cc(C)c(Cl)c(C)c1CCC(O)CN. The highest BCUT2D eigenvalue weighted by Crippen LogP contribution is 2.32. The summed E-state index contributed by atoms with van der Waals surface area (Å²) in [5.74, 6) is 0.827. The zero-order chi connectivity index (χ0) is 13.0. The molecular formula is C13H20ClNO2. The summed E-state index contributed by atoms with van der Waals surface area (Å²) in [6.45, 7) is 4.21.